The molecule has 1 N–H and O–H groups in total. The van der Waals surface area contributed by atoms with Crippen molar-refractivity contribution in [2.24, 2.45) is 0 Å². The third kappa shape index (κ3) is 11.5. The summed E-state index contributed by atoms with van der Waals surface area (Å²) in [5, 5.41) is 0. The molecule has 0 aliphatic carbocycles. The minimum atomic E-state index is -1.66. The highest BCUT2D eigenvalue weighted by Gasteiger charge is 2.00. The number of carbonyl (C=O) groups excluding carboxylic acids is 1. The van der Waals surface area contributed by atoms with Crippen LogP contribution in [-0.2, 0) is 20.6 Å². The molecule has 0 saturated carbocycles. The van der Waals surface area contributed by atoms with Crippen molar-refractivity contribution in [3.05, 3.63) is 0 Å². The van der Waals surface area contributed by atoms with E-state index < -0.39 is 11.1 Å². The summed E-state index contributed by atoms with van der Waals surface area (Å²) in [7, 11) is 0. The van der Waals surface area contributed by atoms with Gasteiger partial charge >= 0.3 is 5.97 Å². The van der Waals surface area contributed by atoms with E-state index in [4.69, 9.17) is 9.29 Å². The van der Waals surface area contributed by atoms with Gasteiger partial charge in [0.25, 0.3) is 0 Å². The van der Waals surface area contributed by atoms with E-state index in [2.05, 4.69) is 0 Å². The Bertz CT molecular complexity index is 194. The highest BCUT2D eigenvalue weighted by molar-refractivity contribution is 7.79. The van der Waals surface area contributed by atoms with Crippen LogP contribution in [0.2, 0.25) is 0 Å². The van der Waals surface area contributed by atoms with Crippen LogP contribution in [0.25, 0.3) is 0 Å². The van der Waals surface area contributed by atoms with E-state index in [1.807, 2.05) is 0 Å². The van der Waals surface area contributed by atoms with Crippen molar-refractivity contribution in [2.75, 3.05) is 12.4 Å². The minimum absolute atomic E-state index is 0.131. The molecule has 0 aliphatic rings. The molecule has 0 fully saturated rings. The molecule has 4 nitrogen and oxygen atoms in total. The Balaban J connectivity index is 3.11. The monoisotopic (exact) mass is 236 g/mol. The number of unbranched alkanes of at least 4 members (excludes halogenated alkanes) is 4. The molecule has 0 aromatic carbocycles. The van der Waals surface area contributed by atoms with Crippen LogP contribution >= 0.6 is 0 Å². The quantitative estimate of drug-likeness (QED) is 0.378. The molecule has 15 heavy (non-hydrogen) atoms. The largest absolute Gasteiger partial charge is 0.466 e. The molecule has 0 bridgehead atoms. The fourth-order valence-corrected chi connectivity index (χ4v) is 1.71. The Hall–Kier alpha value is -0.420. The SMILES string of the molecule is CCOC(=O)CCCCCCCS(=O)O. The number of hydrogen-bond donors (Lipinski definition) is 1. The van der Waals surface area contributed by atoms with Crippen LogP contribution in [-0.4, -0.2) is 27.1 Å². The zero-order valence-corrected chi connectivity index (χ0v) is 10.1. The maximum atomic E-state index is 10.9. The van der Waals surface area contributed by atoms with Gasteiger partial charge in [0.2, 0.25) is 0 Å². The van der Waals surface area contributed by atoms with Gasteiger partial charge in [0.1, 0.15) is 0 Å². The number of esters is 1. The first-order chi connectivity index (χ1) is 7.16. The van der Waals surface area contributed by atoms with Crippen LogP contribution in [0, 0.1) is 0 Å². The second kappa shape index (κ2) is 10.1. The average Bonchev–Trinajstić information content (AvgIpc) is 2.16. The van der Waals surface area contributed by atoms with Crippen LogP contribution in [0.5, 0.6) is 0 Å². The van der Waals surface area contributed by atoms with Crippen molar-refractivity contribution in [2.45, 2.75) is 45.4 Å². The predicted molar refractivity (Wildman–Crippen MR) is 60.0 cm³/mol. The molecule has 0 rings (SSSR count). The van der Waals surface area contributed by atoms with Gasteiger partial charge in [-0.3, -0.25) is 4.79 Å². The third-order valence-electron chi connectivity index (χ3n) is 2.01. The molecular formula is C10H20O4S. The minimum Gasteiger partial charge on any atom is -0.466 e. The van der Waals surface area contributed by atoms with Crippen LogP contribution in [0.15, 0.2) is 0 Å². The molecule has 90 valence electrons. The van der Waals surface area contributed by atoms with E-state index in [-0.39, 0.29) is 5.97 Å². The van der Waals surface area contributed by atoms with Crippen molar-refractivity contribution in [3.8, 4) is 0 Å². The highest BCUT2D eigenvalue weighted by Crippen LogP contribution is 2.06. The number of carbonyl (C=O) groups is 1. The number of ether oxygens (including phenoxy) is 1. The Labute approximate surface area is 93.7 Å². The summed E-state index contributed by atoms with van der Waals surface area (Å²) in [4.78, 5) is 10.9. The van der Waals surface area contributed by atoms with E-state index in [0.717, 1.165) is 32.1 Å². The summed E-state index contributed by atoms with van der Waals surface area (Å²) in [6, 6.07) is 0. The zero-order chi connectivity index (χ0) is 11.5. The maximum absolute atomic E-state index is 10.9. The predicted octanol–water partition coefficient (Wildman–Crippen LogP) is 2.11. The second-order valence-electron chi connectivity index (χ2n) is 3.35. The second-order valence-corrected chi connectivity index (χ2v) is 4.40. The summed E-state index contributed by atoms with van der Waals surface area (Å²) in [5.41, 5.74) is 0. The molecule has 0 radical (unpaired) electrons. The number of hydrogen-bond acceptors (Lipinski definition) is 3. The van der Waals surface area contributed by atoms with Crippen molar-refractivity contribution >= 4 is 17.0 Å². The van der Waals surface area contributed by atoms with Gasteiger partial charge in [-0.1, -0.05) is 19.3 Å². The summed E-state index contributed by atoms with van der Waals surface area (Å²) in [6.07, 6.45) is 5.06. The number of rotatable bonds is 9. The molecule has 0 aliphatic heterocycles. The first-order valence-corrected chi connectivity index (χ1v) is 6.67. The van der Waals surface area contributed by atoms with Crippen molar-refractivity contribution in [3.63, 3.8) is 0 Å². The van der Waals surface area contributed by atoms with E-state index in [1.54, 1.807) is 6.92 Å². The van der Waals surface area contributed by atoms with Gasteiger partial charge in [0, 0.05) is 12.2 Å². The lowest BCUT2D eigenvalue weighted by Crippen LogP contribution is -2.03. The van der Waals surface area contributed by atoms with Gasteiger partial charge in [0.05, 0.1) is 6.61 Å². The molecular weight excluding hydrogens is 216 g/mol. The molecule has 1 unspecified atom stereocenters. The lowest BCUT2D eigenvalue weighted by Gasteiger charge is -2.01. The smallest absolute Gasteiger partial charge is 0.305 e. The third-order valence-corrected chi connectivity index (χ3v) is 2.64. The van der Waals surface area contributed by atoms with E-state index in [9.17, 15) is 9.00 Å². The first kappa shape index (κ1) is 14.6. The summed E-state index contributed by atoms with van der Waals surface area (Å²) < 4.78 is 23.6. The average molecular weight is 236 g/mol. The van der Waals surface area contributed by atoms with Crippen LogP contribution in [0.3, 0.4) is 0 Å². The van der Waals surface area contributed by atoms with Crippen LogP contribution < -0.4 is 0 Å². The van der Waals surface area contributed by atoms with Gasteiger partial charge in [-0.25, -0.2) is 4.21 Å². The van der Waals surface area contributed by atoms with Gasteiger partial charge in [-0.2, -0.15) is 0 Å². The van der Waals surface area contributed by atoms with Gasteiger partial charge in [-0.15, -0.1) is 0 Å². The molecule has 0 amide bonds. The standard InChI is InChI=1S/C10H20O4S/c1-2-14-10(11)8-6-4-3-5-7-9-15(12)13/h2-9H2,1H3,(H,12,13). The van der Waals surface area contributed by atoms with Gasteiger partial charge in [-0.05, 0) is 19.8 Å². The normalized spacial score (nSPS) is 12.4. The molecule has 0 heterocycles. The fourth-order valence-electron chi connectivity index (χ4n) is 1.26. The van der Waals surface area contributed by atoms with E-state index >= 15 is 0 Å². The van der Waals surface area contributed by atoms with Gasteiger partial charge < -0.3 is 9.29 Å². The maximum Gasteiger partial charge on any atom is 0.305 e. The summed E-state index contributed by atoms with van der Waals surface area (Å²) >= 11 is -1.66. The lowest BCUT2D eigenvalue weighted by molar-refractivity contribution is -0.143. The van der Waals surface area contributed by atoms with Crippen molar-refractivity contribution in [1.29, 1.82) is 0 Å². The molecule has 5 heteroatoms. The highest BCUT2D eigenvalue weighted by atomic mass is 32.2. The Morgan fingerprint density at radius 1 is 1.20 bits per heavy atom. The molecule has 0 aromatic rings. The Morgan fingerprint density at radius 2 is 1.80 bits per heavy atom. The summed E-state index contributed by atoms with van der Waals surface area (Å²) in [6.45, 7) is 2.24. The van der Waals surface area contributed by atoms with Crippen molar-refractivity contribution in [1.82, 2.24) is 0 Å². The summed E-state index contributed by atoms with van der Waals surface area (Å²) in [5.74, 6) is 0.228. The van der Waals surface area contributed by atoms with Crippen LogP contribution in [0.4, 0.5) is 0 Å². The first-order valence-electron chi connectivity index (χ1n) is 5.40. The molecule has 1 atom stereocenters. The topological polar surface area (TPSA) is 63.6 Å². The van der Waals surface area contributed by atoms with E-state index in [1.165, 1.54) is 0 Å². The fraction of sp³-hybridized carbons (Fsp3) is 0.900. The van der Waals surface area contributed by atoms with Crippen molar-refractivity contribution < 1.29 is 18.3 Å². The molecule has 0 saturated heterocycles. The zero-order valence-electron chi connectivity index (χ0n) is 9.24. The Morgan fingerprint density at radius 3 is 2.40 bits per heavy atom. The van der Waals surface area contributed by atoms with Gasteiger partial charge in [0.15, 0.2) is 11.1 Å². The Kier molecular flexibility index (Phi) is 9.83. The van der Waals surface area contributed by atoms with E-state index in [0.29, 0.717) is 18.8 Å². The lowest BCUT2D eigenvalue weighted by atomic mass is 10.1. The van der Waals surface area contributed by atoms with Crippen LogP contribution in [0.1, 0.15) is 45.4 Å². The molecule has 0 spiro atoms. The molecule has 0 aromatic heterocycles.